The molecule has 180 valence electrons. The number of hydrogen-bond donors (Lipinski definition) is 4. The normalized spacial score (nSPS) is 14.9. The average Bonchev–Trinajstić information content (AvgIpc) is 3.05. The molecule has 4 N–H and O–H groups in total. The van der Waals surface area contributed by atoms with Gasteiger partial charge in [0.15, 0.2) is 10.7 Å². The molecule has 0 amide bonds. The molecule has 2 aliphatic heterocycles. The number of carbonyl (C=O) groups is 1. The van der Waals surface area contributed by atoms with Gasteiger partial charge in [0, 0.05) is 41.1 Å². The first-order chi connectivity index (χ1) is 16.6. The Kier molecular flexibility index (Phi) is 5.36. The maximum absolute atomic E-state index is 13.2. The van der Waals surface area contributed by atoms with Gasteiger partial charge in [-0.15, -0.1) is 0 Å². The van der Waals surface area contributed by atoms with Gasteiger partial charge in [-0.1, -0.05) is 26.8 Å². The molecule has 0 bridgehead atoms. The van der Waals surface area contributed by atoms with Crippen LogP contribution in [0.15, 0.2) is 54.6 Å². The Morgan fingerprint density at radius 1 is 0.943 bits per heavy atom. The number of aromatic hydroxyl groups is 2. The number of nitrogens with one attached hydrogen (secondary N) is 2. The number of hydrogen-bond acceptors (Lipinski definition) is 6. The van der Waals surface area contributed by atoms with Crippen molar-refractivity contribution >= 4 is 29.0 Å². The number of fused-ring (bicyclic) bond motifs is 6. The Hall–Kier alpha value is -3.78. The Morgan fingerprint density at radius 3 is 2.14 bits per heavy atom. The number of phenolic OH excluding ortho intramolecular Hbond substituents is 2. The molecule has 0 unspecified atom stereocenters. The molecule has 5 rings (SSSR count). The van der Waals surface area contributed by atoms with E-state index in [9.17, 15) is 15.0 Å². The quantitative estimate of drug-likeness (QED) is 0.287. The summed E-state index contributed by atoms with van der Waals surface area (Å²) in [6, 6.07) is 14.7. The van der Waals surface area contributed by atoms with E-state index in [1.165, 1.54) is 24.3 Å². The predicted octanol–water partition coefficient (Wildman–Crippen LogP) is 5.39. The molecule has 0 saturated heterocycles. The lowest BCUT2D eigenvalue weighted by Crippen LogP contribution is -2.33. The summed E-state index contributed by atoms with van der Waals surface area (Å²) in [5, 5.41) is 26.9. The van der Waals surface area contributed by atoms with E-state index in [1.807, 2.05) is 12.1 Å². The third-order valence-corrected chi connectivity index (χ3v) is 6.44. The van der Waals surface area contributed by atoms with Gasteiger partial charge in [0.2, 0.25) is 0 Å². The van der Waals surface area contributed by atoms with Crippen molar-refractivity contribution in [2.75, 3.05) is 11.9 Å². The fraction of sp³-hybridized carbons (Fsp3) is 0.259. The highest BCUT2D eigenvalue weighted by Gasteiger charge is 2.53. The van der Waals surface area contributed by atoms with Crippen molar-refractivity contribution in [2.45, 2.75) is 32.8 Å². The van der Waals surface area contributed by atoms with Crippen LogP contribution in [0.4, 0.5) is 5.69 Å². The number of ether oxygens (including phenoxy) is 2. The van der Waals surface area contributed by atoms with E-state index in [0.717, 1.165) is 13.0 Å². The third kappa shape index (κ3) is 4.04. The Balaban J connectivity index is 1.53. The lowest BCUT2D eigenvalue weighted by atomic mass is 9.77. The molecule has 7 nitrogen and oxygen atoms in total. The number of phenols is 2. The molecule has 0 radical (unpaired) electrons. The van der Waals surface area contributed by atoms with E-state index in [4.69, 9.17) is 21.7 Å². The monoisotopic (exact) mass is 490 g/mol. The molecule has 0 atom stereocenters. The van der Waals surface area contributed by atoms with Gasteiger partial charge in [-0.05, 0) is 60.5 Å². The molecule has 0 saturated carbocycles. The van der Waals surface area contributed by atoms with E-state index in [2.05, 4.69) is 31.4 Å². The number of thiocarbonyl (C=S) groups is 1. The average molecular weight is 491 g/mol. The number of carbonyl (C=O) groups excluding carboxylic acids is 1. The second-order valence-electron chi connectivity index (χ2n) is 9.99. The fourth-order valence-corrected chi connectivity index (χ4v) is 4.73. The summed E-state index contributed by atoms with van der Waals surface area (Å²) < 4.78 is 12.1. The first-order valence-corrected chi connectivity index (χ1v) is 11.8. The molecule has 0 aliphatic carbocycles. The van der Waals surface area contributed by atoms with Crippen LogP contribution in [-0.2, 0) is 10.3 Å². The topological polar surface area (TPSA) is 100 Å². The van der Waals surface area contributed by atoms with Crippen molar-refractivity contribution < 1.29 is 24.5 Å². The minimum absolute atomic E-state index is 0.0130. The second-order valence-corrected chi connectivity index (χ2v) is 10.4. The zero-order chi connectivity index (χ0) is 25.0. The maximum atomic E-state index is 13.2. The van der Waals surface area contributed by atoms with Crippen LogP contribution >= 0.6 is 12.2 Å². The molecule has 1 spiro atoms. The van der Waals surface area contributed by atoms with Gasteiger partial charge in [0.25, 0.3) is 0 Å². The molecule has 0 aromatic heterocycles. The van der Waals surface area contributed by atoms with Crippen LogP contribution < -0.4 is 15.4 Å². The van der Waals surface area contributed by atoms with Crippen molar-refractivity contribution in [3.05, 3.63) is 76.9 Å². The zero-order valence-electron chi connectivity index (χ0n) is 19.6. The van der Waals surface area contributed by atoms with Crippen molar-refractivity contribution in [2.24, 2.45) is 5.41 Å². The zero-order valence-corrected chi connectivity index (χ0v) is 20.5. The van der Waals surface area contributed by atoms with Crippen LogP contribution in [-0.4, -0.2) is 27.8 Å². The summed E-state index contributed by atoms with van der Waals surface area (Å²) in [7, 11) is 0. The highest BCUT2D eigenvalue weighted by atomic mass is 32.1. The summed E-state index contributed by atoms with van der Waals surface area (Å²) in [4.78, 5) is 13.2. The predicted molar refractivity (Wildman–Crippen MR) is 136 cm³/mol. The molecular weight excluding hydrogens is 464 g/mol. The van der Waals surface area contributed by atoms with Gasteiger partial charge in [-0.2, -0.15) is 0 Å². The van der Waals surface area contributed by atoms with E-state index < -0.39 is 11.6 Å². The Morgan fingerprint density at radius 2 is 1.54 bits per heavy atom. The molecule has 3 aromatic carbocycles. The maximum Gasteiger partial charge on any atom is 0.340 e. The summed E-state index contributed by atoms with van der Waals surface area (Å²) >= 11 is 5.43. The molecular formula is C27H26N2O5S. The molecule has 3 aromatic rings. The van der Waals surface area contributed by atoms with Crippen LogP contribution in [0.25, 0.3) is 0 Å². The van der Waals surface area contributed by atoms with E-state index in [1.54, 1.807) is 18.2 Å². The third-order valence-electron chi connectivity index (χ3n) is 6.19. The minimum Gasteiger partial charge on any atom is -0.508 e. The largest absolute Gasteiger partial charge is 0.508 e. The standard InChI is InChI=1S/C27H26N2O5S/c1-26(2,3)10-11-28-25(35)29-15-4-7-19-18(12-15)24(32)34-27(19)20-8-5-16(30)13-22(20)33-23-14-17(31)6-9-21(23)27/h4-9,12-14,30-31H,10-11H2,1-3H3,(H2,28,29,35). The molecule has 35 heavy (non-hydrogen) atoms. The Labute approximate surface area is 208 Å². The van der Waals surface area contributed by atoms with Crippen molar-refractivity contribution in [3.8, 4) is 23.0 Å². The molecule has 0 fully saturated rings. The highest BCUT2D eigenvalue weighted by molar-refractivity contribution is 7.80. The number of rotatable bonds is 3. The SMILES string of the molecule is CC(C)(C)CCNC(=S)Nc1ccc2c(c1)C(=O)OC21c2ccc(O)cc2Oc2cc(O)ccc21. The van der Waals surface area contributed by atoms with Crippen LogP contribution in [0.3, 0.4) is 0 Å². The van der Waals surface area contributed by atoms with Crippen LogP contribution in [0, 0.1) is 5.41 Å². The molecule has 2 heterocycles. The number of anilines is 1. The summed E-state index contributed by atoms with van der Waals surface area (Å²) in [6.45, 7) is 7.24. The lowest BCUT2D eigenvalue weighted by molar-refractivity contribution is 0.0224. The summed E-state index contributed by atoms with van der Waals surface area (Å²) in [5.41, 5.74) is 1.78. The van der Waals surface area contributed by atoms with Gasteiger partial charge in [0.1, 0.15) is 23.0 Å². The van der Waals surface area contributed by atoms with Crippen LogP contribution in [0.5, 0.6) is 23.0 Å². The van der Waals surface area contributed by atoms with Crippen LogP contribution in [0.1, 0.15) is 54.2 Å². The van der Waals surface area contributed by atoms with Gasteiger partial charge in [-0.25, -0.2) is 4.79 Å². The van der Waals surface area contributed by atoms with Gasteiger partial charge < -0.3 is 30.3 Å². The summed E-state index contributed by atoms with van der Waals surface area (Å²) in [5.74, 6) is 0.221. The fourth-order valence-electron chi connectivity index (χ4n) is 4.51. The van der Waals surface area contributed by atoms with E-state index >= 15 is 0 Å². The highest BCUT2D eigenvalue weighted by Crippen LogP contribution is 2.57. The molecule has 8 heteroatoms. The number of benzene rings is 3. The first-order valence-electron chi connectivity index (χ1n) is 11.3. The first kappa shape index (κ1) is 23.0. The van der Waals surface area contributed by atoms with E-state index in [-0.39, 0.29) is 16.9 Å². The summed E-state index contributed by atoms with van der Waals surface area (Å²) in [6.07, 6.45) is 0.958. The van der Waals surface area contributed by atoms with Gasteiger partial charge in [0.05, 0.1) is 5.56 Å². The van der Waals surface area contributed by atoms with E-state index in [0.29, 0.717) is 44.6 Å². The van der Waals surface area contributed by atoms with Gasteiger partial charge in [-0.3, -0.25) is 0 Å². The Bertz CT molecular complexity index is 1310. The van der Waals surface area contributed by atoms with Crippen LogP contribution in [0.2, 0.25) is 0 Å². The minimum atomic E-state index is -1.28. The van der Waals surface area contributed by atoms with Crippen molar-refractivity contribution in [1.82, 2.24) is 5.32 Å². The lowest BCUT2D eigenvalue weighted by Gasteiger charge is -2.36. The number of esters is 1. The van der Waals surface area contributed by atoms with Gasteiger partial charge >= 0.3 is 5.97 Å². The molecule has 2 aliphatic rings. The second kappa shape index (κ2) is 8.16. The van der Waals surface area contributed by atoms with Crippen molar-refractivity contribution in [1.29, 1.82) is 0 Å². The van der Waals surface area contributed by atoms with Crippen molar-refractivity contribution in [3.63, 3.8) is 0 Å². The smallest absolute Gasteiger partial charge is 0.340 e.